The molecule has 0 aromatic carbocycles. The predicted octanol–water partition coefficient (Wildman–Crippen LogP) is 0.216. The van der Waals surface area contributed by atoms with Crippen LogP contribution in [0.3, 0.4) is 0 Å². The molecule has 0 aliphatic carbocycles. The molecular weight excluding hydrogens is 304 g/mol. The van der Waals surface area contributed by atoms with Gasteiger partial charge in [0.25, 0.3) is 10.2 Å². The highest BCUT2D eigenvalue weighted by molar-refractivity contribution is 7.86. The van der Waals surface area contributed by atoms with Gasteiger partial charge in [0.15, 0.2) is 0 Å². The van der Waals surface area contributed by atoms with Crippen LogP contribution in [0.15, 0.2) is 24.5 Å². The molecule has 2 heterocycles. The molecule has 1 aliphatic rings. The number of hydrogen-bond donors (Lipinski definition) is 1. The van der Waals surface area contributed by atoms with Crippen molar-refractivity contribution < 1.29 is 13.2 Å². The minimum absolute atomic E-state index is 0.0151. The minimum atomic E-state index is -3.38. The Morgan fingerprint density at radius 1 is 1.32 bits per heavy atom. The van der Waals surface area contributed by atoms with Gasteiger partial charge in [-0.05, 0) is 30.5 Å². The van der Waals surface area contributed by atoms with Gasteiger partial charge in [0, 0.05) is 52.0 Å². The van der Waals surface area contributed by atoms with Crippen molar-refractivity contribution in [1.29, 1.82) is 0 Å². The van der Waals surface area contributed by atoms with Crippen LogP contribution < -0.4 is 5.32 Å². The van der Waals surface area contributed by atoms with Gasteiger partial charge in [-0.3, -0.25) is 9.78 Å². The van der Waals surface area contributed by atoms with Gasteiger partial charge in [-0.15, -0.1) is 0 Å². The van der Waals surface area contributed by atoms with Gasteiger partial charge < -0.3 is 5.32 Å². The number of pyridine rings is 1. The lowest BCUT2D eigenvalue weighted by Gasteiger charge is -2.32. The maximum absolute atomic E-state index is 12.2. The molecule has 0 saturated carbocycles. The van der Waals surface area contributed by atoms with Crippen LogP contribution in [0.1, 0.15) is 18.4 Å². The Hall–Kier alpha value is -1.51. The molecule has 8 heteroatoms. The van der Waals surface area contributed by atoms with E-state index in [9.17, 15) is 13.2 Å². The number of piperidine rings is 1. The van der Waals surface area contributed by atoms with Crippen LogP contribution in [0.25, 0.3) is 0 Å². The van der Waals surface area contributed by atoms with Gasteiger partial charge in [-0.2, -0.15) is 17.0 Å². The summed E-state index contributed by atoms with van der Waals surface area (Å²) in [6.45, 7) is 1.24. The molecule has 0 radical (unpaired) electrons. The van der Waals surface area contributed by atoms with Crippen LogP contribution >= 0.6 is 0 Å². The van der Waals surface area contributed by atoms with E-state index in [0.717, 1.165) is 5.56 Å². The van der Waals surface area contributed by atoms with E-state index in [2.05, 4.69) is 10.3 Å². The highest BCUT2D eigenvalue weighted by Gasteiger charge is 2.31. The Morgan fingerprint density at radius 3 is 2.45 bits per heavy atom. The fraction of sp³-hybridized carbons (Fsp3) is 0.571. The summed E-state index contributed by atoms with van der Waals surface area (Å²) >= 11 is 0. The summed E-state index contributed by atoms with van der Waals surface area (Å²) in [4.78, 5) is 16.1. The zero-order valence-corrected chi connectivity index (χ0v) is 13.7. The molecule has 1 aromatic heterocycles. The van der Waals surface area contributed by atoms with Crippen molar-refractivity contribution >= 4 is 16.1 Å². The molecule has 1 amide bonds. The van der Waals surface area contributed by atoms with Crippen molar-refractivity contribution in [2.75, 3.05) is 27.2 Å². The van der Waals surface area contributed by atoms with Gasteiger partial charge in [-0.25, -0.2) is 0 Å². The summed E-state index contributed by atoms with van der Waals surface area (Å²) in [5, 5.41) is 2.90. The molecule has 1 aliphatic heterocycles. The van der Waals surface area contributed by atoms with Gasteiger partial charge in [0.1, 0.15) is 0 Å². The normalized spacial score (nSPS) is 17.6. The maximum atomic E-state index is 12.2. The standard InChI is InChI=1S/C14H22N4O3S/c1-17(2)22(20,21)18-9-5-13(6-10-18)14(19)16-11-12-3-7-15-8-4-12/h3-4,7-8,13H,5-6,9-11H2,1-2H3,(H,16,19). The first-order valence-electron chi connectivity index (χ1n) is 7.25. The van der Waals surface area contributed by atoms with E-state index in [-0.39, 0.29) is 11.8 Å². The average molecular weight is 326 g/mol. The van der Waals surface area contributed by atoms with Crippen LogP contribution in [0.5, 0.6) is 0 Å². The number of nitrogens with one attached hydrogen (secondary N) is 1. The Bertz CT molecular complexity index is 596. The molecule has 1 aromatic rings. The second-order valence-corrected chi connectivity index (χ2v) is 7.68. The molecule has 0 bridgehead atoms. The van der Waals surface area contributed by atoms with E-state index in [1.165, 1.54) is 22.7 Å². The molecule has 1 saturated heterocycles. The smallest absolute Gasteiger partial charge is 0.281 e. The third kappa shape index (κ3) is 4.02. The number of nitrogens with zero attached hydrogens (tertiary/aromatic N) is 3. The molecule has 2 rings (SSSR count). The van der Waals surface area contributed by atoms with Crippen LogP contribution in [0, 0.1) is 5.92 Å². The molecule has 1 N–H and O–H groups in total. The van der Waals surface area contributed by atoms with E-state index < -0.39 is 10.2 Å². The summed E-state index contributed by atoms with van der Waals surface area (Å²) in [5.74, 6) is -0.144. The third-order valence-corrected chi connectivity index (χ3v) is 5.77. The minimum Gasteiger partial charge on any atom is -0.352 e. The number of hydrogen-bond acceptors (Lipinski definition) is 4. The van der Waals surface area contributed by atoms with Gasteiger partial charge in [0.05, 0.1) is 0 Å². The van der Waals surface area contributed by atoms with E-state index in [0.29, 0.717) is 32.5 Å². The number of carbonyl (C=O) groups excluding carboxylic acids is 1. The monoisotopic (exact) mass is 326 g/mol. The SMILES string of the molecule is CN(C)S(=O)(=O)N1CCC(C(=O)NCc2ccncc2)CC1. The first-order valence-corrected chi connectivity index (χ1v) is 8.65. The number of carbonyl (C=O) groups is 1. The molecule has 0 unspecified atom stereocenters. The largest absolute Gasteiger partial charge is 0.352 e. The molecule has 0 atom stereocenters. The lowest BCUT2D eigenvalue weighted by Crippen LogP contribution is -2.46. The lowest BCUT2D eigenvalue weighted by atomic mass is 9.97. The molecule has 22 heavy (non-hydrogen) atoms. The fourth-order valence-electron chi connectivity index (χ4n) is 2.41. The Kier molecular flexibility index (Phi) is 5.49. The molecular formula is C14H22N4O3S. The summed E-state index contributed by atoms with van der Waals surface area (Å²) < 4.78 is 26.7. The summed E-state index contributed by atoms with van der Waals surface area (Å²) in [7, 11) is -0.343. The van der Waals surface area contributed by atoms with Crippen LogP contribution in [-0.2, 0) is 21.5 Å². The van der Waals surface area contributed by atoms with Gasteiger partial charge >= 0.3 is 0 Å². The predicted molar refractivity (Wildman–Crippen MR) is 83.0 cm³/mol. The quantitative estimate of drug-likeness (QED) is 0.839. The lowest BCUT2D eigenvalue weighted by molar-refractivity contribution is -0.126. The Balaban J connectivity index is 1.83. The van der Waals surface area contributed by atoms with E-state index in [1.807, 2.05) is 12.1 Å². The maximum Gasteiger partial charge on any atom is 0.281 e. The zero-order valence-electron chi connectivity index (χ0n) is 12.9. The highest BCUT2D eigenvalue weighted by atomic mass is 32.2. The summed E-state index contributed by atoms with van der Waals surface area (Å²) in [6, 6.07) is 3.71. The molecule has 1 fully saturated rings. The Morgan fingerprint density at radius 2 is 1.91 bits per heavy atom. The number of aromatic nitrogens is 1. The van der Waals surface area contributed by atoms with Crippen LogP contribution in [-0.4, -0.2) is 55.1 Å². The van der Waals surface area contributed by atoms with Crippen molar-refractivity contribution in [2.45, 2.75) is 19.4 Å². The second kappa shape index (κ2) is 7.17. The van der Waals surface area contributed by atoms with Crippen LogP contribution in [0.2, 0.25) is 0 Å². The molecule has 7 nitrogen and oxygen atoms in total. The van der Waals surface area contributed by atoms with E-state index >= 15 is 0 Å². The van der Waals surface area contributed by atoms with Gasteiger partial charge in [-0.1, -0.05) is 0 Å². The first-order chi connectivity index (χ1) is 10.4. The number of amides is 1. The Labute approximate surface area is 131 Å². The highest BCUT2D eigenvalue weighted by Crippen LogP contribution is 2.20. The first kappa shape index (κ1) is 16.9. The third-order valence-electron chi connectivity index (χ3n) is 3.83. The summed E-state index contributed by atoms with van der Waals surface area (Å²) in [6.07, 6.45) is 4.47. The second-order valence-electron chi connectivity index (χ2n) is 5.54. The molecule has 122 valence electrons. The van der Waals surface area contributed by atoms with Gasteiger partial charge in [0.2, 0.25) is 5.91 Å². The topological polar surface area (TPSA) is 82.6 Å². The fourth-order valence-corrected chi connectivity index (χ4v) is 3.55. The van der Waals surface area contributed by atoms with E-state index in [1.54, 1.807) is 12.4 Å². The van der Waals surface area contributed by atoms with E-state index in [4.69, 9.17) is 0 Å². The van der Waals surface area contributed by atoms with Crippen molar-refractivity contribution in [2.24, 2.45) is 5.92 Å². The average Bonchev–Trinajstić information content (AvgIpc) is 2.53. The van der Waals surface area contributed by atoms with Crippen molar-refractivity contribution in [3.05, 3.63) is 30.1 Å². The van der Waals surface area contributed by atoms with Crippen molar-refractivity contribution in [1.82, 2.24) is 18.9 Å². The number of rotatable bonds is 5. The van der Waals surface area contributed by atoms with Crippen molar-refractivity contribution in [3.63, 3.8) is 0 Å². The van der Waals surface area contributed by atoms with Crippen LogP contribution in [0.4, 0.5) is 0 Å². The zero-order chi connectivity index (χ0) is 16.2. The van der Waals surface area contributed by atoms with Crippen molar-refractivity contribution in [3.8, 4) is 0 Å². The molecule has 0 spiro atoms. The summed E-state index contributed by atoms with van der Waals surface area (Å²) in [5.41, 5.74) is 0.996.